The Bertz CT molecular complexity index is 465. The fourth-order valence-corrected chi connectivity index (χ4v) is 3.50. The summed E-state index contributed by atoms with van der Waals surface area (Å²) in [5, 5.41) is 0. The fraction of sp³-hybridized carbons (Fsp3) is 0.909. The van der Waals surface area contributed by atoms with Crippen LogP contribution < -0.4 is 5.73 Å². The highest BCUT2D eigenvalue weighted by Crippen LogP contribution is 2.20. The number of piperazine rings is 1. The molecule has 1 atom stereocenters. The van der Waals surface area contributed by atoms with E-state index in [1.165, 1.54) is 22.7 Å². The smallest absolute Gasteiger partial charge is 0.281 e. The number of rotatable bonds is 3. The van der Waals surface area contributed by atoms with E-state index in [9.17, 15) is 13.2 Å². The molecule has 1 amide bonds. The Labute approximate surface area is 119 Å². The molecule has 116 valence electrons. The molecule has 0 bridgehead atoms. The number of carbonyl (C=O) groups excluding carboxylic acids is 1. The maximum absolute atomic E-state index is 12.4. The van der Waals surface area contributed by atoms with Crippen molar-refractivity contribution in [3.8, 4) is 0 Å². The number of hydrogen-bond donors (Lipinski definition) is 1. The molecule has 2 saturated heterocycles. The second-order valence-electron chi connectivity index (χ2n) is 5.44. The number of hydrogen-bond acceptors (Lipinski definition) is 5. The van der Waals surface area contributed by atoms with E-state index in [0.29, 0.717) is 39.2 Å². The van der Waals surface area contributed by atoms with Crippen LogP contribution in [0.25, 0.3) is 0 Å². The molecule has 2 heterocycles. The molecule has 0 radical (unpaired) electrons. The summed E-state index contributed by atoms with van der Waals surface area (Å²) in [5.41, 5.74) is 5.10. The highest BCUT2D eigenvalue weighted by molar-refractivity contribution is 7.86. The van der Waals surface area contributed by atoms with E-state index in [1.54, 1.807) is 4.90 Å². The van der Waals surface area contributed by atoms with Gasteiger partial charge in [-0.3, -0.25) is 4.79 Å². The number of amides is 1. The van der Waals surface area contributed by atoms with Gasteiger partial charge in [0.1, 0.15) is 5.54 Å². The summed E-state index contributed by atoms with van der Waals surface area (Å²) in [6, 6.07) is 0. The van der Waals surface area contributed by atoms with Crippen molar-refractivity contribution in [2.45, 2.75) is 12.0 Å². The lowest BCUT2D eigenvalue weighted by atomic mass is 9.98. The maximum atomic E-state index is 12.4. The number of nitrogens with zero attached hydrogens (tertiary/aromatic N) is 3. The van der Waals surface area contributed by atoms with Gasteiger partial charge >= 0.3 is 0 Å². The van der Waals surface area contributed by atoms with Crippen LogP contribution in [-0.2, 0) is 19.7 Å². The van der Waals surface area contributed by atoms with Gasteiger partial charge < -0.3 is 15.4 Å². The molecule has 0 saturated carbocycles. The van der Waals surface area contributed by atoms with E-state index >= 15 is 0 Å². The zero-order valence-electron chi connectivity index (χ0n) is 11.9. The average Bonchev–Trinajstić information content (AvgIpc) is 2.86. The third-order valence-corrected chi connectivity index (χ3v) is 5.73. The normalized spacial score (nSPS) is 29.1. The lowest BCUT2D eigenvalue weighted by Gasteiger charge is -2.38. The van der Waals surface area contributed by atoms with Gasteiger partial charge in [-0.1, -0.05) is 0 Å². The third kappa shape index (κ3) is 2.82. The van der Waals surface area contributed by atoms with Crippen molar-refractivity contribution in [3.63, 3.8) is 0 Å². The molecular weight excluding hydrogens is 284 g/mol. The first-order valence-electron chi connectivity index (χ1n) is 6.61. The molecule has 2 rings (SSSR count). The SMILES string of the molecule is CN(C)S(=O)(=O)N1CCN(C(=O)C2(N)CCOC2)CC1. The minimum absolute atomic E-state index is 0.142. The molecule has 0 spiro atoms. The number of nitrogens with two attached hydrogens (primary N) is 1. The molecule has 2 fully saturated rings. The van der Waals surface area contributed by atoms with Crippen LogP contribution in [0, 0.1) is 0 Å². The summed E-state index contributed by atoms with van der Waals surface area (Å²) in [7, 11) is -0.415. The molecule has 2 N–H and O–H groups in total. The average molecular weight is 306 g/mol. The second-order valence-corrected chi connectivity index (χ2v) is 7.58. The highest BCUT2D eigenvalue weighted by atomic mass is 32.2. The Morgan fingerprint density at radius 1 is 1.25 bits per heavy atom. The van der Waals surface area contributed by atoms with Crippen LogP contribution in [-0.4, -0.2) is 86.9 Å². The molecule has 1 unspecified atom stereocenters. The van der Waals surface area contributed by atoms with Gasteiger partial charge in [-0.05, 0) is 6.42 Å². The van der Waals surface area contributed by atoms with E-state index < -0.39 is 15.7 Å². The van der Waals surface area contributed by atoms with Crippen molar-refractivity contribution >= 4 is 16.1 Å². The monoisotopic (exact) mass is 306 g/mol. The molecule has 20 heavy (non-hydrogen) atoms. The lowest BCUT2D eigenvalue weighted by Crippen LogP contribution is -2.61. The van der Waals surface area contributed by atoms with Crippen LogP contribution in [0.5, 0.6) is 0 Å². The van der Waals surface area contributed by atoms with Gasteiger partial charge in [-0.25, -0.2) is 0 Å². The summed E-state index contributed by atoms with van der Waals surface area (Å²) in [6.07, 6.45) is 0.516. The number of carbonyl (C=O) groups is 1. The molecule has 0 aliphatic carbocycles. The summed E-state index contributed by atoms with van der Waals surface area (Å²) < 4.78 is 31.7. The Kier molecular flexibility index (Phi) is 4.35. The molecule has 0 aromatic heterocycles. The standard InChI is InChI=1S/C11H22N4O4S/c1-13(2)20(17,18)15-6-4-14(5-7-15)10(16)11(12)3-8-19-9-11/h3-9,12H2,1-2H3. The van der Waals surface area contributed by atoms with Crippen LogP contribution in [0.1, 0.15) is 6.42 Å². The van der Waals surface area contributed by atoms with E-state index in [4.69, 9.17) is 10.5 Å². The summed E-state index contributed by atoms with van der Waals surface area (Å²) in [4.78, 5) is 14.0. The van der Waals surface area contributed by atoms with Crippen molar-refractivity contribution in [2.24, 2.45) is 5.73 Å². The fourth-order valence-electron chi connectivity index (χ4n) is 2.42. The van der Waals surface area contributed by atoms with Gasteiger partial charge in [-0.15, -0.1) is 0 Å². The Balaban J connectivity index is 1.96. The Morgan fingerprint density at radius 2 is 1.85 bits per heavy atom. The van der Waals surface area contributed by atoms with Crippen LogP contribution in [0.15, 0.2) is 0 Å². The summed E-state index contributed by atoms with van der Waals surface area (Å²) in [6.45, 7) is 2.06. The summed E-state index contributed by atoms with van der Waals surface area (Å²) in [5.74, 6) is -0.142. The van der Waals surface area contributed by atoms with Gasteiger partial charge in [0.2, 0.25) is 5.91 Å². The van der Waals surface area contributed by atoms with Crippen molar-refractivity contribution in [1.82, 2.24) is 13.5 Å². The first-order chi connectivity index (χ1) is 9.27. The second kappa shape index (κ2) is 5.57. The summed E-state index contributed by atoms with van der Waals surface area (Å²) >= 11 is 0. The van der Waals surface area contributed by atoms with Crippen LogP contribution in [0.3, 0.4) is 0 Å². The molecule has 2 aliphatic rings. The predicted molar refractivity (Wildman–Crippen MR) is 73.1 cm³/mol. The van der Waals surface area contributed by atoms with E-state index in [0.717, 1.165) is 0 Å². The molecule has 8 nitrogen and oxygen atoms in total. The zero-order valence-corrected chi connectivity index (χ0v) is 12.7. The molecular formula is C11H22N4O4S. The van der Waals surface area contributed by atoms with Crippen LogP contribution >= 0.6 is 0 Å². The van der Waals surface area contributed by atoms with Crippen molar-refractivity contribution in [2.75, 3.05) is 53.5 Å². The van der Waals surface area contributed by atoms with Gasteiger partial charge in [-0.2, -0.15) is 17.0 Å². The quantitative estimate of drug-likeness (QED) is 0.654. The largest absolute Gasteiger partial charge is 0.379 e. The van der Waals surface area contributed by atoms with Gasteiger partial charge in [0.15, 0.2) is 0 Å². The lowest BCUT2D eigenvalue weighted by molar-refractivity contribution is -0.138. The van der Waals surface area contributed by atoms with Crippen molar-refractivity contribution in [1.29, 1.82) is 0 Å². The van der Waals surface area contributed by atoms with Crippen LogP contribution in [0.2, 0.25) is 0 Å². The van der Waals surface area contributed by atoms with E-state index in [1.807, 2.05) is 0 Å². The zero-order chi connectivity index (χ0) is 15.0. The Hall–Kier alpha value is -0.740. The molecule has 0 aromatic rings. The van der Waals surface area contributed by atoms with Crippen LogP contribution in [0.4, 0.5) is 0 Å². The molecule has 2 aliphatic heterocycles. The molecule has 0 aromatic carbocycles. The van der Waals surface area contributed by atoms with Crippen molar-refractivity contribution in [3.05, 3.63) is 0 Å². The number of ether oxygens (including phenoxy) is 1. The van der Waals surface area contributed by atoms with E-state index in [-0.39, 0.29) is 12.5 Å². The Morgan fingerprint density at radius 3 is 2.30 bits per heavy atom. The van der Waals surface area contributed by atoms with Gasteiger partial charge in [0, 0.05) is 46.9 Å². The molecule has 9 heteroatoms. The van der Waals surface area contributed by atoms with Crippen molar-refractivity contribution < 1.29 is 17.9 Å². The maximum Gasteiger partial charge on any atom is 0.281 e. The van der Waals surface area contributed by atoms with E-state index in [2.05, 4.69) is 0 Å². The third-order valence-electron chi connectivity index (χ3n) is 3.79. The first kappa shape index (κ1) is 15.6. The van der Waals surface area contributed by atoms with Gasteiger partial charge in [0.25, 0.3) is 10.2 Å². The minimum atomic E-state index is -3.41. The van der Waals surface area contributed by atoms with Gasteiger partial charge in [0.05, 0.1) is 6.61 Å². The topological polar surface area (TPSA) is 96.2 Å². The first-order valence-corrected chi connectivity index (χ1v) is 8.01. The predicted octanol–water partition coefficient (Wildman–Crippen LogP) is -1.95. The minimum Gasteiger partial charge on any atom is -0.379 e. The highest BCUT2D eigenvalue weighted by Gasteiger charge is 2.42.